The maximum Gasteiger partial charge on any atom is 0.241 e. The summed E-state index contributed by atoms with van der Waals surface area (Å²) in [6.07, 6.45) is 5.12. The Labute approximate surface area is 173 Å². The maximum atomic E-state index is 12.4. The van der Waals surface area contributed by atoms with Gasteiger partial charge in [-0.25, -0.2) is 4.68 Å². The zero-order valence-electron chi connectivity index (χ0n) is 18.0. The van der Waals surface area contributed by atoms with Crippen LogP contribution in [0.5, 0.6) is 0 Å². The van der Waals surface area contributed by atoms with Crippen molar-refractivity contribution in [3.05, 3.63) is 11.8 Å². The Kier molecular flexibility index (Phi) is 7.16. The smallest absolute Gasteiger partial charge is 0.241 e. The van der Waals surface area contributed by atoms with Crippen LogP contribution in [-0.4, -0.2) is 58.2 Å². The summed E-state index contributed by atoms with van der Waals surface area (Å²) in [6.45, 7) is 8.57. The van der Waals surface area contributed by atoms with E-state index in [1.807, 2.05) is 6.92 Å². The van der Waals surface area contributed by atoms with Gasteiger partial charge in [-0.2, -0.15) is 5.10 Å². The number of nitrogens with zero attached hydrogens (tertiary/aromatic N) is 3. The highest BCUT2D eigenvalue weighted by Crippen LogP contribution is 2.35. The number of aryl methyl sites for hydroxylation is 1. The summed E-state index contributed by atoms with van der Waals surface area (Å²) in [6, 6.07) is 2.32. The van der Waals surface area contributed by atoms with Crippen molar-refractivity contribution in [2.24, 2.45) is 11.8 Å². The number of amides is 2. The molecule has 2 atom stereocenters. The second-order valence-corrected chi connectivity index (χ2v) is 9.10. The number of nitrogens with one attached hydrogen (secondary N) is 2. The number of anilines is 1. The predicted octanol–water partition coefficient (Wildman–Crippen LogP) is 1.30. The minimum atomic E-state index is -0.0794. The Morgan fingerprint density at radius 3 is 2.52 bits per heavy atom. The fourth-order valence-electron chi connectivity index (χ4n) is 4.07. The normalized spacial score (nSPS) is 22.2. The lowest BCUT2D eigenvalue weighted by molar-refractivity contribution is -0.123. The molecule has 2 fully saturated rings. The molecule has 2 amide bonds. The number of likely N-dealkylation sites (tertiary alicyclic amines) is 1. The van der Waals surface area contributed by atoms with E-state index in [4.69, 9.17) is 5.73 Å². The van der Waals surface area contributed by atoms with Crippen molar-refractivity contribution in [2.45, 2.75) is 71.5 Å². The standard InChI is InChI=1S/C21H36N6O2/c1-14(2)10-23-20(28)9-17-6-7-18(26(17)12-16-4-5-16)11-24-21(29)13-27-19(22)8-15(3)25-27/h8,14,16-18H,4-7,9-13,22H2,1-3H3,(H,23,28)(H,24,29)/t17-,18+/m1/s1. The van der Waals surface area contributed by atoms with Crippen molar-refractivity contribution in [2.75, 3.05) is 25.4 Å². The zero-order valence-corrected chi connectivity index (χ0v) is 18.0. The number of carbonyl (C=O) groups excluding carboxylic acids is 2. The number of carbonyl (C=O) groups is 2. The molecular formula is C21H36N6O2. The first-order valence-corrected chi connectivity index (χ1v) is 10.9. The lowest BCUT2D eigenvalue weighted by Gasteiger charge is -2.30. The van der Waals surface area contributed by atoms with Gasteiger partial charge >= 0.3 is 0 Å². The quantitative estimate of drug-likeness (QED) is 0.545. The second kappa shape index (κ2) is 9.61. The van der Waals surface area contributed by atoms with Crippen molar-refractivity contribution in [1.82, 2.24) is 25.3 Å². The highest BCUT2D eigenvalue weighted by Gasteiger charge is 2.38. The summed E-state index contributed by atoms with van der Waals surface area (Å²) in [5.41, 5.74) is 6.68. The summed E-state index contributed by atoms with van der Waals surface area (Å²) < 4.78 is 1.53. The van der Waals surface area contributed by atoms with E-state index in [9.17, 15) is 9.59 Å². The molecule has 2 aliphatic rings. The molecule has 1 aromatic heterocycles. The van der Waals surface area contributed by atoms with Gasteiger partial charge in [-0.15, -0.1) is 0 Å². The highest BCUT2D eigenvalue weighted by atomic mass is 16.2. The first kappa shape index (κ1) is 21.6. The monoisotopic (exact) mass is 404 g/mol. The number of hydrogen-bond donors (Lipinski definition) is 3. The first-order valence-electron chi connectivity index (χ1n) is 10.9. The first-order chi connectivity index (χ1) is 13.8. The van der Waals surface area contributed by atoms with Crippen LogP contribution in [0.1, 0.15) is 51.6 Å². The van der Waals surface area contributed by atoms with Gasteiger partial charge in [-0.05, 0) is 44.4 Å². The van der Waals surface area contributed by atoms with E-state index in [-0.39, 0.29) is 24.4 Å². The van der Waals surface area contributed by atoms with Gasteiger partial charge in [0.15, 0.2) is 0 Å². The number of nitrogen functional groups attached to an aromatic ring is 1. The Balaban J connectivity index is 1.50. The minimum absolute atomic E-state index is 0.0794. The van der Waals surface area contributed by atoms with E-state index in [2.05, 4.69) is 34.5 Å². The Hall–Kier alpha value is -2.09. The fourth-order valence-corrected chi connectivity index (χ4v) is 4.07. The molecular weight excluding hydrogens is 368 g/mol. The average molecular weight is 405 g/mol. The predicted molar refractivity (Wildman–Crippen MR) is 113 cm³/mol. The second-order valence-electron chi connectivity index (χ2n) is 9.10. The van der Waals surface area contributed by atoms with Crippen LogP contribution >= 0.6 is 0 Å². The van der Waals surface area contributed by atoms with Gasteiger partial charge in [-0.3, -0.25) is 14.5 Å². The topological polar surface area (TPSA) is 105 Å². The molecule has 1 aliphatic carbocycles. The SMILES string of the molecule is Cc1cc(N)n(CC(=O)NC[C@@H]2CC[C@H](CC(=O)NCC(C)C)N2CC2CC2)n1. The van der Waals surface area contributed by atoms with Crippen molar-refractivity contribution >= 4 is 17.6 Å². The molecule has 162 valence electrons. The van der Waals surface area contributed by atoms with E-state index < -0.39 is 0 Å². The van der Waals surface area contributed by atoms with Gasteiger partial charge in [0.25, 0.3) is 0 Å². The zero-order chi connectivity index (χ0) is 21.0. The van der Waals surface area contributed by atoms with Crippen molar-refractivity contribution in [3.8, 4) is 0 Å². The van der Waals surface area contributed by atoms with Crippen LogP contribution < -0.4 is 16.4 Å². The molecule has 0 radical (unpaired) electrons. The molecule has 3 rings (SSSR count). The fraction of sp³-hybridized carbons (Fsp3) is 0.762. The molecule has 29 heavy (non-hydrogen) atoms. The summed E-state index contributed by atoms with van der Waals surface area (Å²) in [5, 5.41) is 10.3. The number of aromatic nitrogens is 2. The molecule has 1 aromatic rings. The largest absolute Gasteiger partial charge is 0.384 e. The van der Waals surface area contributed by atoms with Crippen molar-refractivity contribution in [3.63, 3.8) is 0 Å². The molecule has 1 aliphatic heterocycles. The lowest BCUT2D eigenvalue weighted by atomic mass is 10.1. The lowest BCUT2D eigenvalue weighted by Crippen LogP contribution is -2.46. The molecule has 0 aromatic carbocycles. The van der Waals surface area contributed by atoms with Gasteiger partial charge in [0, 0.05) is 44.2 Å². The molecule has 0 unspecified atom stereocenters. The van der Waals surface area contributed by atoms with Gasteiger partial charge in [0.2, 0.25) is 11.8 Å². The summed E-state index contributed by atoms with van der Waals surface area (Å²) in [7, 11) is 0. The summed E-state index contributed by atoms with van der Waals surface area (Å²) >= 11 is 0. The Bertz CT molecular complexity index is 712. The Morgan fingerprint density at radius 2 is 1.90 bits per heavy atom. The van der Waals surface area contributed by atoms with Gasteiger partial charge in [0.1, 0.15) is 12.4 Å². The van der Waals surface area contributed by atoms with Crippen LogP contribution in [0.25, 0.3) is 0 Å². The number of nitrogens with two attached hydrogens (primary N) is 1. The number of hydrogen-bond acceptors (Lipinski definition) is 5. The summed E-state index contributed by atoms with van der Waals surface area (Å²) in [4.78, 5) is 27.2. The van der Waals surface area contributed by atoms with E-state index in [1.54, 1.807) is 6.07 Å². The molecule has 2 heterocycles. The van der Waals surface area contributed by atoms with Crippen molar-refractivity contribution in [1.29, 1.82) is 0 Å². The van der Waals surface area contributed by atoms with Gasteiger partial charge in [-0.1, -0.05) is 13.8 Å². The molecule has 4 N–H and O–H groups in total. The third kappa shape index (κ3) is 6.45. The van der Waals surface area contributed by atoms with E-state index in [0.29, 0.717) is 30.7 Å². The van der Waals surface area contributed by atoms with Crippen molar-refractivity contribution < 1.29 is 9.59 Å². The molecule has 0 bridgehead atoms. The van der Waals surface area contributed by atoms with Crippen LogP contribution in [0, 0.1) is 18.8 Å². The average Bonchev–Trinajstić information content (AvgIpc) is 3.32. The minimum Gasteiger partial charge on any atom is -0.384 e. The van der Waals surface area contributed by atoms with Crippen LogP contribution in [0.3, 0.4) is 0 Å². The molecule has 8 heteroatoms. The van der Waals surface area contributed by atoms with E-state index in [1.165, 1.54) is 17.5 Å². The highest BCUT2D eigenvalue weighted by molar-refractivity contribution is 5.77. The van der Waals surface area contributed by atoms with E-state index in [0.717, 1.165) is 37.5 Å². The van der Waals surface area contributed by atoms with Crippen LogP contribution in [0.2, 0.25) is 0 Å². The molecule has 0 spiro atoms. The van der Waals surface area contributed by atoms with Gasteiger partial charge in [0.05, 0.1) is 5.69 Å². The molecule has 1 saturated carbocycles. The third-order valence-electron chi connectivity index (χ3n) is 5.83. The maximum absolute atomic E-state index is 12.4. The molecule has 8 nitrogen and oxygen atoms in total. The van der Waals surface area contributed by atoms with Gasteiger partial charge < -0.3 is 16.4 Å². The van der Waals surface area contributed by atoms with Crippen LogP contribution in [-0.2, 0) is 16.1 Å². The van der Waals surface area contributed by atoms with E-state index >= 15 is 0 Å². The number of rotatable bonds is 10. The summed E-state index contributed by atoms with van der Waals surface area (Å²) in [5.74, 6) is 1.77. The van der Waals surface area contributed by atoms with Crippen LogP contribution in [0.15, 0.2) is 6.07 Å². The molecule has 1 saturated heterocycles. The van der Waals surface area contributed by atoms with Crippen LogP contribution in [0.4, 0.5) is 5.82 Å². The Morgan fingerprint density at radius 1 is 1.17 bits per heavy atom. The third-order valence-corrected chi connectivity index (χ3v) is 5.83.